The Labute approximate surface area is 168 Å². The molecule has 0 saturated carbocycles. The Morgan fingerprint density at radius 1 is 1.36 bits per heavy atom. The van der Waals surface area contributed by atoms with Gasteiger partial charge in [-0.2, -0.15) is 9.29 Å². The Morgan fingerprint density at radius 2 is 2.07 bits per heavy atom. The van der Waals surface area contributed by atoms with E-state index in [-0.39, 0.29) is 29.9 Å². The van der Waals surface area contributed by atoms with Crippen LogP contribution in [0.3, 0.4) is 0 Å². The van der Waals surface area contributed by atoms with Crippen LogP contribution in [0.15, 0.2) is 33.7 Å². The first-order valence-electron chi connectivity index (χ1n) is 9.02. The van der Waals surface area contributed by atoms with Crippen molar-refractivity contribution in [2.24, 2.45) is 5.92 Å². The summed E-state index contributed by atoms with van der Waals surface area (Å²) in [7, 11) is -3.69. The minimum atomic E-state index is -3.69. The molecule has 1 aromatic heterocycles. The van der Waals surface area contributed by atoms with Crippen molar-refractivity contribution in [3.8, 4) is 0 Å². The molecule has 3 rings (SSSR count). The molecule has 1 saturated heterocycles. The highest BCUT2D eigenvalue weighted by Crippen LogP contribution is 2.25. The molecule has 0 aliphatic carbocycles. The number of nitrogens with zero attached hydrogens (tertiary/aromatic N) is 3. The number of ether oxygens (including phenoxy) is 1. The summed E-state index contributed by atoms with van der Waals surface area (Å²) in [5, 5.41) is 4.27. The van der Waals surface area contributed by atoms with Crippen molar-refractivity contribution in [2.75, 3.05) is 13.1 Å². The molecule has 1 unspecified atom stereocenters. The second kappa shape index (κ2) is 8.59. The van der Waals surface area contributed by atoms with E-state index < -0.39 is 21.9 Å². The maximum atomic E-state index is 12.8. The monoisotopic (exact) mass is 427 g/mol. The Kier molecular flexibility index (Phi) is 6.36. The number of piperidine rings is 1. The van der Waals surface area contributed by atoms with Crippen LogP contribution in [-0.2, 0) is 26.2 Å². The van der Waals surface area contributed by atoms with Crippen LogP contribution >= 0.6 is 11.6 Å². The summed E-state index contributed by atoms with van der Waals surface area (Å²) < 4.78 is 37.3. The second-order valence-corrected chi connectivity index (χ2v) is 9.34. The fraction of sp³-hybridized carbons (Fsp3) is 0.500. The van der Waals surface area contributed by atoms with Gasteiger partial charge in [0.15, 0.2) is 12.4 Å². The number of benzene rings is 1. The summed E-state index contributed by atoms with van der Waals surface area (Å²) >= 11 is 5.83. The van der Waals surface area contributed by atoms with Crippen molar-refractivity contribution < 1.29 is 22.5 Å². The van der Waals surface area contributed by atoms with Gasteiger partial charge in [-0.1, -0.05) is 30.6 Å². The summed E-state index contributed by atoms with van der Waals surface area (Å²) in [6.07, 6.45) is 1.14. The Balaban J connectivity index is 1.62. The lowest BCUT2D eigenvalue weighted by atomic mass is 10.0. The molecule has 0 bridgehead atoms. The number of sulfonamides is 1. The van der Waals surface area contributed by atoms with Crippen molar-refractivity contribution in [3.63, 3.8) is 0 Å². The van der Waals surface area contributed by atoms with E-state index >= 15 is 0 Å². The van der Waals surface area contributed by atoms with E-state index in [0.717, 1.165) is 0 Å². The molecule has 1 aromatic carbocycles. The van der Waals surface area contributed by atoms with E-state index in [2.05, 4.69) is 10.1 Å². The first-order chi connectivity index (χ1) is 13.3. The number of aromatic nitrogens is 2. The third-order valence-electron chi connectivity index (χ3n) is 4.51. The molecule has 10 heteroatoms. The molecule has 152 valence electrons. The second-order valence-electron chi connectivity index (χ2n) is 6.96. The van der Waals surface area contributed by atoms with Gasteiger partial charge in [-0.15, -0.1) is 0 Å². The van der Waals surface area contributed by atoms with Gasteiger partial charge in [0.25, 0.3) is 5.89 Å². The van der Waals surface area contributed by atoms with Gasteiger partial charge in [0, 0.05) is 24.0 Å². The van der Waals surface area contributed by atoms with Crippen molar-refractivity contribution in [3.05, 3.63) is 41.0 Å². The lowest BCUT2D eigenvalue weighted by Gasteiger charge is -2.30. The van der Waals surface area contributed by atoms with Crippen LogP contribution in [0.4, 0.5) is 0 Å². The van der Waals surface area contributed by atoms with Gasteiger partial charge in [0.2, 0.25) is 10.0 Å². The maximum absolute atomic E-state index is 12.8. The highest BCUT2D eigenvalue weighted by atomic mass is 35.5. The molecular formula is C18H22ClN3O5S. The van der Waals surface area contributed by atoms with Gasteiger partial charge < -0.3 is 9.26 Å². The number of carbonyl (C=O) groups excluding carboxylic acids is 1. The van der Waals surface area contributed by atoms with E-state index in [9.17, 15) is 13.2 Å². The predicted molar refractivity (Wildman–Crippen MR) is 101 cm³/mol. The van der Waals surface area contributed by atoms with Crippen molar-refractivity contribution in [1.29, 1.82) is 0 Å². The fourth-order valence-electron chi connectivity index (χ4n) is 2.92. The minimum Gasteiger partial charge on any atom is -0.455 e. The third-order valence-corrected chi connectivity index (χ3v) is 6.64. The van der Waals surface area contributed by atoms with E-state index in [1.54, 1.807) is 0 Å². The number of carbonyl (C=O) groups is 1. The van der Waals surface area contributed by atoms with Crippen molar-refractivity contribution in [1.82, 2.24) is 14.4 Å². The SMILES string of the molecule is CC(C)c1noc(COC(=O)C2CCCN(S(=O)(=O)c3ccc(Cl)cc3)C2)n1. The standard InChI is InChI=1S/C18H22ClN3O5S/c1-12(2)17-20-16(27-21-17)11-26-18(23)13-4-3-9-22(10-13)28(24,25)15-7-5-14(19)6-8-15/h5-8,12-13H,3-4,9-11H2,1-2H3. The fourth-order valence-corrected chi connectivity index (χ4v) is 4.57. The zero-order valence-electron chi connectivity index (χ0n) is 15.7. The molecule has 2 aromatic rings. The van der Waals surface area contributed by atoms with Gasteiger partial charge >= 0.3 is 5.97 Å². The average Bonchev–Trinajstić information content (AvgIpc) is 3.16. The normalized spacial score (nSPS) is 18.4. The molecule has 2 heterocycles. The molecule has 8 nitrogen and oxygen atoms in total. The van der Waals surface area contributed by atoms with Crippen molar-refractivity contribution >= 4 is 27.6 Å². The van der Waals surface area contributed by atoms with Crippen LogP contribution in [0.5, 0.6) is 0 Å². The van der Waals surface area contributed by atoms with Gasteiger partial charge in [-0.05, 0) is 37.1 Å². The number of hydrogen-bond donors (Lipinski definition) is 0. The average molecular weight is 428 g/mol. The van der Waals surface area contributed by atoms with Crippen LogP contribution in [0.2, 0.25) is 5.02 Å². The molecule has 0 amide bonds. The van der Waals surface area contributed by atoms with E-state index in [1.165, 1.54) is 28.6 Å². The zero-order valence-corrected chi connectivity index (χ0v) is 17.2. The summed E-state index contributed by atoms with van der Waals surface area (Å²) in [4.78, 5) is 16.7. The predicted octanol–water partition coefficient (Wildman–Crippen LogP) is 2.99. The van der Waals surface area contributed by atoms with E-state index in [0.29, 0.717) is 30.2 Å². The van der Waals surface area contributed by atoms with Crippen LogP contribution in [0.1, 0.15) is 44.3 Å². The van der Waals surface area contributed by atoms with Gasteiger partial charge in [0.1, 0.15) is 0 Å². The Bertz CT molecular complexity index is 927. The number of hydrogen-bond acceptors (Lipinski definition) is 7. The van der Waals surface area contributed by atoms with Gasteiger partial charge in [-0.3, -0.25) is 4.79 Å². The molecular weight excluding hydrogens is 406 g/mol. The summed E-state index contributed by atoms with van der Waals surface area (Å²) in [5.74, 6) is -0.135. The smallest absolute Gasteiger partial charge is 0.310 e. The van der Waals surface area contributed by atoms with Gasteiger partial charge in [0.05, 0.1) is 10.8 Å². The molecule has 28 heavy (non-hydrogen) atoms. The largest absolute Gasteiger partial charge is 0.455 e. The van der Waals surface area contributed by atoms with Crippen LogP contribution < -0.4 is 0 Å². The quantitative estimate of drug-likeness (QED) is 0.653. The molecule has 1 aliphatic heterocycles. The summed E-state index contributed by atoms with van der Waals surface area (Å²) in [5.41, 5.74) is 0. The van der Waals surface area contributed by atoms with Crippen LogP contribution in [-0.4, -0.2) is 41.9 Å². The maximum Gasteiger partial charge on any atom is 0.310 e. The topological polar surface area (TPSA) is 103 Å². The van der Waals surface area contributed by atoms with Crippen LogP contribution in [0.25, 0.3) is 0 Å². The first kappa shape index (κ1) is 20.8. The highest BCUT2D eigenvalue weighted by molar-refractivity contribution is 7.89. The molecule has 1 fully saturated rings. The zero-order chi connectivity index (χ0) is 20.3. The Hall–Kier alpha value is -1.97. The molecule has 1 aliphatic rings. The minimum absolute atomic E-state index is 0.0743. The number of halogens is 1. The first-order valence-corrected chi connectivity index (χ1v) is 10.8. The number of esters is 1. The number of rotatable bonds is 6. The summed E-state index contributed by atoms with van der Waals surface area (Å²) in [6.45, 7) is 4.16. The summed E-state index contributed by atoms with van der Waals surface area (Å²) in [6, 6.07) is 5.98. The van der Waals surface area contributed by atoms with Gasteiger partial charge in [-0.25, -0.2) is 8.42 Å². The molecule has 0 spiro atoms. The van der Waals surface area contributed by atoms with Crippen LogP contribution in [0, 0.1) is 5.92 Å². The highest BCUT2D eigenvalue weighted by Gasteiger charge is 2.34. The molecule has 0 N–H and O–H groups in total. The molecule has 0 radical (unpaired) electrons. The Morgan fingerprint density at radius 3 is 2.71 bits per heavy atom. The lowest BCUT2D eigenvalue weighted by Crippen LogP contribution is -2.42. The van der Waals surface area contributed by atoms with E-state index in [1.807, 2.05) is 13.8 Å². The molecule has 1 atom stereocenters. The third kappa shape index (κ3) is 4.71. The van der Waals surface area contributed by atoms with Crippen molar-refractivity contribution in [2.45, 2.75) is 44.1 Å². The lowest BCUT2D eigenvalue weighted by molar-refractivity contribution is -0.151. The van der Waals surface area contributed by atoms with E-state index in [4.69, 9.17) is 20.9 Å².